The van der Waals surface area contributed by atoms with E-state index < -0.39 is 0 Å². The van der Waals surface area contributed by atoms with Crippen molar-refractivity contribution in [3.05, 3.63) is 25.4 Å². The first-order chi connectivity index (χ1) is 8.50. The Morgan fingerprint density at radius 3 is 2.89 bits per heavy atom. The molecule has 6 heteroatoms. The van der Waals surface area contributed by atoms with Crippen LogP contribution in [0.15, 0.2) is 4.79 Å². The molecule has 0 spiro atoms. The number of halogens is 1. The van der Waals surface area contributed by atoms with E-state index in [9.17, 15) is 4.79 Å². The van der Waals surface area contributed by atoms with E-state index >= 15 is 0 Å². The van der Waals surface area contributed by atoms with Crippen molar-refractivity contribution in [1.82, 2.24) is 14.9 Å². The average molecular weight is 379 g/mol. The van der Waals surface area contributed by atoms with E-state index in [-0.39, 0.29) is 17.5 Å². The fourth-order valence-corrected chi connectivity index (χ4v) is 4.11. The first kappa shape index (κ1) is 14.3. The molecule has 18 heavy (non-hydrogen) atoms. The minimum absolute atomic E-state index is 0.00623. The fourth-order valence-electron chi connectivity index (χ4n) is 2.01. The van der Waals surface area contributed by atoms with Crippen molar-refractivity contribution >= 4 is 34.4 Å². The molecule has 2 rings (SSSR count). The number of aromatic nitrogens is 2. The molecule has 100 valence electrons. The monoisotopic (exact) mass is 379 g/mol. The Kier molecular flexibility index (Phi) is 4.71. The summed E-state index contributed by atoms with van der Waals surface area (Å²) in [5.74, 6) is 3.24. The largest absolute Gasteiger partial charge is 0.308 e. The second-order valence-electron chi connectivity index (χ2n) is 4.88. The molecule has 0 aromatic carbocycles. The molecule has 1 aliphatic heterocycles. The third-order valence-electron chi connectivity index (χ3n) is 3.17. The van der Waals surface area contributed by atoms with Gasteiger partial charge in [-0.05, 0) is 35.6 Å². The van der Waals surface area contributed by atoms with Crippen LogP contribution in [-0.2, 0) is 0 Å². The molecule has 2 heterocycles. The molecule has 1 aromatic rings. The van der Waals surface area contributed by atoms with Crippen molar-refractivity contribution in [3.63, 3.8) is 0 Å². The maximum Gasteiger partial charge on any atom is 0.264 e. The molecule has 0 saturated carbocycles. The van der Waals surface area contributed by atoms with Crippen LogP contribution < -0.4 is 5.56 Å². The third kappa shape index (κ3) is 2.91. The highest BCUT2D eigenvalue weighted by Gasteiger charge is 2.24. The van der Waals surface area contributed by atoms with Gasteiger partial charge in [-0.15, -0.1) is 0 Å². The SMILES string of the molecule is CC(C)c1nc(C2CSCCN2C)[nH]c(=O)c1I. The quantitative estimate of drug-likeness (QED) is 0.801. The molecule has 1 saturated heterocycles. The average Bonchev–Trinajstić information content (AvgIpc) is 2.33. The van der Waals surface area contributed by atoms with Gasteiger partial charge in [-0.2, -0.15) is 11.8 Å². The number of hydrogen-bond donors (Lipinski definition) is 1. The Bertz CT molecular complexity index is 489. The molecular formula is C12H18IN3OS. The highest BCUT2D eigenvalue weighted by Crippen LogP contribution is 2.26. The lowest BCUT2D eigenvalue weighted by atomic mass is 10.1. The molecule has 0 bridgehead atoms. The summed E-state index contributed by atoms with van der Waals surface area (Å²) in [4.78, 5) is 21.9. The molecule has 0 aliphatic carbocycles. The molecular weight excluding hydrogens is 361 g/mol. The van der Waals surface area contributed by atoms with Crippen molar-refractivity contribution in [1.29, 1.82) is 0 Å². The zero-order chi connectivity index (χ0) is 13.3. The third-order valence-corrected chi connectivity index (χ3v) is 5.23. The van der Waals surface area contributed by atoms with Crippen molar-refractivity contribution in [3.8, 4) is 0 Å². The van der Waals surface area contributed by atoms with Gasteiger partial charge in [0.1, 0.15) is 5.82 Å². The minimum atomic E-state index is -0.00623. The second kappa shape index (κ2) is 5.92. The van der Waals surface area contributed by atoms with Crippen molar-refractivity contribution < 1.29 is 0 Å². The van der Waals surface area contributed by atoms with Crippen LogP contribution in [0.1, 0.15) is 37.3 Å². The van der Waals surface area contributed by atoms with Crippen molar-refractivity contribution in [2.75, 3.05) is 25.1 Å². The Morgan fingerprint density at radius 2 is 2.28 bits per heavy atom. The van der Waals surface area contributed by atoms with Gasteiger partial charge in [0.25, 0.3) is 5.56 Å². The van der Waals surface area contributed by atoms with Gasteiger partial charge in [0.05, 0.1) is 15.3 Å². The van der Waals surface area contributed by atoms with E-state index in [4.69, 9.17) is 0 Å². The molecule has 0 amide bonds. The molecule has 1 fully saturated rings. The van der Waals surface area contributed by atoms with Crippen LogP contribution in [0.25, 0.3) is 0 Å². The molecule has 0 radical (unpaired) electrons. The first-order valence-corrected chi connectivity index (χ1v) is 8.31. The maximum atomic E-state index is 12.0. The lowest BCUT2D eigenvalue weighted by molar-refractivity contribution is 0.263. The topological polar surface area (TPSA) is 49.0 Å². The zero-order valence-electron chi connectivity index (χ0n) is 10.9. The smallest absolute Gasteiger partial charge is 0.264 e. The van der Waals surface area contributed by atoms with Gasteiger partial charge in [-0.1, -0.05) is 13.8 Å². The van der Waals surface area contributed by atoms with Crippen LogP contribution in [0.5, 0.6) is 0 Å². The van der Waals surface area contributed by atoms with Crippen LogP contribution in [0.2, 0.25) is 0 Å². The van der Waals surface area contributed by atoms with Crippen molar-refractivity contribution in [2.45, 2.75) is 25.8 Å². The van der Waals surface area contributed by atoms with Gasteiger partial charge >= 0.3 is 0 Å². The van der Waals surface area contributed by atoms with E-state index in [0.717, 1.165) is 33.1 Å². The van der Waals surface area contributed by atoms with Gasteiger partial charge in [0.2, 0.25) is 0 Å². The summed E-state index contributed by atoms with van der Waals surface area (Å²) in [5.41, 5.74) is 0.909. The van der Waals surface area contributed by atoms with Gasteiger partial charge in [-0.3, -0.25) is 9.69 Å². The highest BCUT2D eigenvalue weighted by atomic mass is 127. The summed E-state index contributed by atoms with van der Waals surface area (Å²) in [6, 6.07) is 0.228. The lowest BCUT2D eigenvalue weighted by Crippen LogP contribution is -2.35. The lowest BCUT2D eigenvalue weighted by Gasteiger charge is -2.31. The van der Waals surface area contributed by atoms with Gasteiger partial charge < -0.3 is 4.98 Å². The number of aromatic amines is 1. The zero-order valence-corrected chi connectivity index (χ0v) is 13.8. The molecule has 1 aliphatic rings. The summed E-state index contributed by atoms with van der Waals surface area (Å²) < 4.78 is 0.720. The molecule has 1 unspecified atom stereocenters. The van der Waals surface area contributed by atoms with Crippen LogP contribution in [-0.4, -0.2) is 40.0 Å². The van der Waals surface area contributed by atoms with E-state index in [1.54, 1.807) is 0 Å². The van der Waals surface area contributed by atoms with Gasteiger partial charge in [0.15, 0.2) is 0 Å². The predicted molar refractivity (Wildman–Crippen MR) is 84.4 cm³/mol. The molecule has 1 atom stereocenters. The van der Waals surface area contributed by atoms with Gasteiger partial charge in [0, 0.05) is 18.1 Å². The Balaban J connectivity index is 2.42. The Labute approximate surface area is 125 Å². The number of nitrogens with one attached hydrogen (secondary N) is 1. The predicted octanol–water partition coefficient (Wildman–Crippen LogP) is 2.22. The van der Waals surface area contributed by atoms with Crippen LogP contribution in [0.4, 0.5) is 0 Å². The first-order valence-electron chi connectivity index (χ1n) is 6.08. The summed E-state index contributed by atoms with van der Waals surface area (Å²) >= 11 is 4.01. The summed E-state index contributed by atoms with van der Waals surface area (Å²) in [6.07, 6.45) is 0. The standard InChI is InChI=1S/C12H18IN3OS/c1-7(2)10-9(13)12(17)15-11(14-10)8-6-18-5-4-16(8)3/h7-8H,4-6H2,1-3H3,(H,14,15,17). The van der Waals surface area contributed by atoms with Gasteiger partial charge in [-0.25, -0.2) is 4.98 Å². The summed E-state index contributed by atoms with van der Waals surface area (Å²) in [5, 5.41) is 0. The molecule has 4 nitrogen and oxygen atoms in total. The normalized spacial score (nSPS) is 21.5. The summed E-state index contributed by atoms with van der Waals surface area (Å²) in [6.45, 7) is 5.20. The number of rotatable bonds is 2. The highest BCUT2D eigenvalue weighted by molar-refractivity contribution is 14.1. The maximum absolute atomic E-state index is 12.0. The number of thioether (sulfide) groups is 1. The van der Waals surface area contributed by atoms with E-state index in [2.05, 4.69) is 58.4 Å². The molecule has 1 aromatic heterocycles. The van der Waals surface area contributed by atoms with Crippen LogP contribution in [0, 0.1) is 3.57 Å². The number of H-pyrrole nitrogens is 1. The Hall–Kier alpha value is -0.0800. The summed E-state index contributed by atoms with van der Waals surface area (Å²) in [7, 11) is 2.09. The number of nitrogens with zero attached hydrogens (tertiary/aromatic N) is 2. The van der Waals surface area contributed by atoms with E-state index in [1.165, 1.54) is 0 Å². The van der Waals surface area contributed by atoms with E-state index in [1.807, 2.05) is 11.8 Å². The Morgan fingerprint density at radius 1 is 1.56 bits per heavy atom. The second-order valence-corrected chi connectivity index (χ2v) is 7.10. The fraction of sp³-hybridized carbons (Fsp3) is 0.667. The number of hydrogen-bond acceptors (Lipinski definition) is 4. The van der Waals surface area contributed by atoms with Crippen LogP contribution >= 0.6 is 34.4 Å². The van der Waals surface area contributed by atoms with E-state index in [0.29, 0.717) is 0 Å². The van der Waals surface area contributed by atoms with Crippen molar-refractivity contribution in [2.24, 2.45) is 0 Å². The molecule has 1 N–H and O–H groups in total. The minimum Gasteiger partial charge on any atom is -0.308 e. The van der Waals surface area contributed by atoms with Crippen LogP contribution in [0.3, 0.4) is 0 Å².